The first-order valence-electron chi connectivity index (χ1n) is 10.0. The molecule has 2 aromatic rings. The maximum atomic E-state index is 11.1. The number of benzene rings is 2. The van der Waals surface area contributed by atoms with Crippen LogP contribution >= 0.6 is 0 Å². The number of hydrogen-bond donors (Lipinski definition) is 0. The van der Waals surface area contributed by atoms with Gasteiger partial charge in [-0.2, -0.15) is 0 Å². The second-order valence-electron chi connectivity index (χ2n) is 6.59. The molecule has 2 rings (SSSR count). The molecular weight excluding hydrogens is 422 g/mol. The Morgan fingerprint density at radius 3 is 1.66 bits per heavy atom. The molecule has 0 unspecified atom stereocenters. The fourth-order valence-electron chi connectivity index (χ4n) is 2.80. The SMILES string of the molecule is COCCOCCN(CCOc1ccccc1[N+](=O)[O-])CCOc1ccccc1[N+](=O)[O-]. The second-order valence-corrected chi connectivity index (χ2v) is 6.59. The molecule has 0 radical (unpaired) electrons. The topological polar surface area (TPSA) is 126 Å². The highest BCUT2D eigenvalue weighted by Gasteiger charge is 2.16. The van der Waals surface area contributed by atoms with Gasteiger partial charge < -0.3 is 18.9 Å². The zero-order valence-corrected chi connectivity index (χ0v) is 17.9. The fraction of sp³-hybridized carbons (Fsp3) is 0.429. The van der Waals surface area contributed by atoms with Gasteiger partial charge in [0.1, 0.15) is 13.2 Å². The molecular formula is C21H27N3O8. The summed E-state index contributed by atoms with van der Waals surface area (Å²) in [6.45, 7) is 3.30. The van der Waals surface area contributed by atoms with Gasteiger partial charge in [-0.05, 0) is 12.1 Å². The van der Waals surface area contributed by atoms with E-state index in [0.29, 0.717) is 39.5 Å². The molecule has 0 aliphatic carbocycles. The van der Waals surface area contributed by atoms with Crippen molar-refractivity contribution >= 4 is 11.4 Å². The molecule has 0 aromatic heterocycles. The first-order valence-corrected chi connectivity index (χ1v) is 10.0. The highest BCUT2D eigenvalue weighted by molar-refractivity contribution is 5.46. The standard InChI is InChI=1S/C21H27N3O8/c1-29-16-17-30-13-10-22(11-14-31-20-8-4-2-6-18(20)23(25)26)12-15-32-21-9-5-3-7-19(21)24(27)28/h2-9H,10-17H2,1H3. The van der Waals surface area contributed by atoms with Gasteiger partial charge in [0, 0.05) is 38.9 Å². The molecule has 11 nitrogen and oxygen atoms in total. The summed E-state index contributed by atoms with van der Waals surface area (Å²) in [4.78, 5) is 23.3. The maximum absolute atomic E-state index is 11.1. The molecule has 0 spiro atoms. The van der Waals surface area contributed by atoms with Gasteiger partial charge in [-0.15, -0.1) is 0 Å². The molecule has 0 saturated heterocycles. The average Bonchev–Trinajstić information content (AvgIpc) is 2.79. The lowest BCUT2D eigenvalue weighted by Crippen LogP contribution is -2.35. The van der Waals surface area contributed by atoms with Crippen LogP contribution in [0.15, 0.2) is 48.5 Å². The minimum Gasteiger partial charge on any atom is -0.485 e. The van der Waals surface area contributed by atoms with Crippen LogP contribution in [0.25, 0.3) is 0 Å². The van der Waals surface area contributed by atoms with E-state index in [0.717, 1.165) is 0 Å². The van der Waals surface area contributed by atoms with Crippen molar-refractivity contribution in [2.75, 3.05) is 59.8 Å². The van der Waals surface area contributed by atoms with Gasteiger partial charge in [0.2, 0.25) is 0 Å². The highest BCUT2D eigenvalue weighted by Crippen LogP contribution is 2.26. The van der Waals surface area contributed by atoms with Crippen molar-refractivity contribution in [2.45, 2.75) is 0 Å². The lowest BCUT2D eigenvalue weighted by molar-refractivity contribution is -0.386. The summed E-state index contributed by atoms with van der Waals surface area (Å²) in [5, 5.41) is 22.2. The van der Waals surface area contributed by atoms with Crippen LogP contribution in [0.3, 0.4) is 0 Å². The van der Waals surface area contributed by atoms with E-state index < -0.39 is 9.85 Å². The summed E-state index contributed by atoms with van der Waals surface area (Å²) < 4.78 is 21.7. The van der Waals surface area contributed by atoms with Crippen LogP contribution in [0.4, 0.5) is 11.4 Å². The zero-order valence-electron chi connectivity index (χ0n) is 17.9. The van der Waals surface area contributed by atoms with Gasteiger partial charge in [0.05, 0.1) is 29.7 Å². The van der Waals surface area contributed by atoms with E-state index in [-0.39, 0.29) is 36.1 Å². The summed E-state index contributed by atoms with van der Waals surface area (Å²) in [6.07, 6.45) is 0. The second kappa shape index (κ2) is 13.9. The molecule has 174 valence electrons. The van der Waals surface area contributed by atoms with Gasteiger partial charge in [-0.25, -0.2) is 0 Å². The molecule has 11 heteroatoms. The minimum absolute atomic E-state index is 0.0957. The molecule has 0 fully saturated rings. The van der Waals surface area contributed by atoms with Crippen molar-refractivity contribution in [1.29, 1.82) is 0 Å². The predicted octanol–water partition coefficient (Wildman–Crippen LogP) is 2.93. The van der Waals surface area contributed by atoms with Gasteiger partial charge in [-0.1, -0.05) is 24.3 Å². The molecule has 2 aromatic carbocycles. The van der Waals surface area contributed by atoms with Crippen LogP contribution in [0, 0.1) is 20.2 Å². The lowest BCUT2D eigenvalue weighted by Gasteiger charge is -2.22. The third-order valence-electron chi connectivity index (χ3n) is 4.44. The smallest absolute Gasteiger partial charge is 0.310 e. The number of para-hydroxylation sites is 4. The summed E-state index contributed by atoms with van der Waals surface area (Å²) in [7, 11) is 1.59. The Balaban J connectivity index is 1.89. The van der Waals surface area contributed by atoms with E-state index in [2.05, 4.69) is 0 Å². The van der Waals surface area contributed by atoms with Crippen LogP contribution in [-0.2, 0) is 9.47 Å². The Kier molecular flexibility index (Phi) is 10.9. The molecule has 0 N–H and O–H groups in total. The van der Waals surface area contributed by atoms with Gasteiger partial charge in [-0.3, -0.25) is 25.1 Å². The third-order valence-corrected chi connectivity index (χ3v) is 4.44. The largest absolute Gasteiger partial charge is 0.485 e. The molecule has 32 heavy (non-hydrogen) atoms. The Labute approximate surface area is 185 Å². The van der Waals surface area contributed by atoms with Crippen LogP contribution in [0.1, 0.15) is 0 Å². The molecule has 0 aliphatic rings. The van der Waals surface area contributed by atoms with Crippen molar-refractivity contribution in [3.05, 3.63) is 68.8 Å². The van der Waals surface area contributed by atoms with Crippen LogP contribution in [-0.4, -0.2) is 74.5 Å². The van der Waals surface area contributed by atoms with Gasteiger partial charge >= 0.3 is 11.4 Å². The lowest BCUT2D eigenvalue weighted by atomic mass is 10.3. The highest BCUT2D eigenvalue weighted by atomic mass is 16.6. The Hall–Kier alpha value is -3.28. The van der Waals surface area contributed by atoms with Crippen molar-refractivity contribution in [3.63, 3.8) is 0 Å². The van der Waals surface area contributed by atoms with Crippen molar-refractivity contribution < 1.29 is 28.8 Å². The van der Waals surface area contributed by atoms with E-state index in [1.165, 1.54) is 12.1 Å². The molecule has 0 aliphatic heterocycles. The normalized spacial score (nSPS) is 10.8. The summed E-state index contributed by atoms with van der Waals surface area (Å²) in [6, 6.07) is 12.4. The van der Waals surface area contributed by atoms with E-state index in [4.69, 9.17) is 18.9 Å². The summed E-state index contributed by atoms with van der Waals surface area (Å²) in [5.74, 6) is 0.398. The van der Waals surface area contributed by atoms with Gasteiger partial charge in [0.25, 0.3) is 0 Å². The van der Waals surface area contributed by atoms with Gasteiger partial charge in [0.15, 0.2) is 11.5 Å². The van der Waals surface area contributed by atoms with Crippen molar-refractivity contribution in [3.8, 4) is 11.5 Å². The van der Waals surface area contributed by atoms with E-state index in [1.807, 2.05) is 4.90 Å². The number of methoxy groups -OCH3 is 1. The number of ether oxygens (including phenoxy) is 4. The molecule has 0 heterocycles. The van der Waals surface area contributed by atoms with E-state index in [9.17, 15) is 20.2 Å². The number of hydrogen-bond acceptors (Lipinski definition) is 9. The molecule has 0 amide bonds. The number of nitro benzene ring substituents is 2. The van der Waals surface area contributed by atoms with E-state index in [1.54, 1.807) is 43.5 Å². The average molecular weight is 449 g/mol. The molecule has 0 atom stereocenters. The van der Waals surface area contributed by atoms with Crippen molar-refractivity contribution in [1.82, 2.24) is 4.90 Å². The van der Waals surface area contributed by atoms with Crippen molar-refractivity contribution in [2.24, 2.45) is 0 Å². The monoisotopic (exact) mass is 449 g/mol. The number of rotatable bonds is 16. The van der Waals surface area contributed by atoms with Crippen LogP contribution in [0.2, 0.25) is 0 Å². The number of nitro groups is 2. The van der Waals surface area contributed by atoms with Crippen LogP contribution < -0.4 is 9.47 Å². The Bertz CT molecular complexity index is 801. The Morgan fingerprint density at radius 1 is 0.719 bits per heavy atom. The number of nitrogens with zero attached hydrogens (tertiary/aromatic N) is 3. The molecule has 0 saturated carbocycles. The van der Waals surface area contributed by atoms with E-state index >= 15 is 0 Å². The minimum atomic E-state index is -0.489. The molecule has 0 bridgehead atoms. The third kappa shape index (κ3) is 8.46. The van der Waals surface area contributed by atoms with Crippen LogP contribution in [0.5, 0.6) is 11.5 Å². The summed E-state index contributed by atoms with van der Waals surface area (Å²) in [5.41, 5.74) is -0.191. The zero-order chi connectivity index (χ0) is 23.2. The maximum Gasteiger partial charge on any atom is 0.310 e. The fourth-order valence-corrected chi connectivity index (χ4v) is 2.80. The summed E-state index contributed by atoms with van der Waals surface area (Å²) >= 11 is 0. The predicted molar refractivity (Wildman–Crippen MR) is 116 cm³/mol. The Morgan fingerprint density at radius 2 is 1.19 bits per heavy atom. The quantitative estimate of drug-likeness (QED) is 0.216. The first-order chi connectivity index (χ1) is 15.5. The first kappa shape index (κ1) is 25.0.